The van der Waals surface area contributed by atoms with E-state index in [0.717, 1.165) is 0 Å². The van der Waals surface area contributed by atoms with E-state index in [-0.39, 0.29) is 30.4 Å². The Hall–Kier alpha value is -4.14. The number of alkyl halides is 2. The monoisotopic (exact) mass is 530 g/mol. The Kier molecular flexibility index (Phi) is 7.18. The molecule has 3 aromatic heterocycles. The smallest absolute Gasteiger partial charge is 0.333 e. The molecule has 38 heavy (non-hydrogen) atoms. The van der Waals surface area contributed by atoms with Crippen molar-refractivity contribution in [2.75, 3.05) is 49.6 Å². The molecule has 2 atom stereocenters. The second-order valence-electron chi connectivity index (χ2n) is 9.11. The largest absolute Gasteiger partial charge is 0.378 e. The van der Waals surface area contributed by atoms with E-state index in [1.807, 2.05) is 11.8 Å². The molecule has 3 aromatic rings. The minimum atomic E-state index is -2.78. The van der Waals surface area contributed by atoms with E-state index in [2.05, 4.69) is 37.3 Å². The normalized spacial score (nSPS) is 19.8. The van der Waals surface area contributed by atoms with Gasteiger partial charge in [-0.1, -0.05) is 6.58 Å². The molecule has 2 fully saturated rings. The number of hydrogen-bond acceptors (Lipinski definition) is 9. The summed E-state index contributed by atoms with van der Waals surface area (Å²) in [6, 6.07) is -0.183. The molecule has 2 saturated heterocycles. The Morgan fingerprint density at radius 3 is 2.79 bits per heavy atom. The van der Waals surface area contributed by atoms with Crippen LogP contribution < -0.4 is 15.5 Å². The Morgan fingerprint density at radius 2 is 2.08 bits per heavy atom. The average Bonchev–Trinajstić information content (AvgIpc) is 3.65. The molecule has 5 heterocycles. The maximum absolute atomic E-state index is 13.1. The Morgan fingerprint density at radius 1 is 1.29 bits per heavy atom. The minimum absolute atomic E-state index is 0.00489. The first-order valence-corrected chi connectivity index (χ1v) is 12.2. The summed E-state index contributed by atoms with van der Waals surface area (Å²) in [5.41, 5.74) is 1.11. The van der Waals surface area contributed by atoms with E-state index >= 15 is 0 Å². The van der Waals surface area contributed by atoms with Gasteiger partial charge in [-0.15, -0.1) is 0 Å². The highest BCUT2D eigenvalue weighted by Crippen LogP contribution is 2.26. The van der Waals surface area contributed by atoms with Crippen molar-refractivity contribution in [2.24, 2.45) is 0 Å². The molecule has 5 rings (SSSR count). The molecule has 0 bridgehead atoms. The zero-order valence-corrected chi connectivity index (χ0v) is 20.8. The number of aromatic nitrogens is 6. The third kappa shape index (κ3) is 5.14. The Bertz CT molecular complexity index is 1340. The maximum atomic E-state index is 13.1. The summed E-state index contributed by atoms with van der Waals surface area (Å²) in [6.45, 7) is 5.16. The van der Waals surface area contributed by atoms with Gasteiger partial charge < -0.3 is 25.2 Å². The number of fused-ring (bicyclic) bond motifs is 1. The summed E-state index contributed by atoms with van der Waals surface area (Å²) >= 11 is 0. The zero-order chi connectivity index (χ0) is 26.8. The number of carbonyl (C=O) groups excluding carboxylic acids is 2. The first-order chi connectivity index (χ1) is 18.3. The van der Waals surface area contributed by atoms with Crippen LogP contribution in [0.2, 0.25) is 0 Å². The van der Waals surface area contributed by atoms with Crippen LogP contribution in [-0.2, 0) is 14.3 Å². The molecular weight excluding hydrogens is 502 g/mol. The molecule has 0 saturated carbocycles. The second kappa shape index (κ2) is 10.7. The number of hydrogen-bond donors (Lipinski definition) is 2. The van der Waals surface area contributed by atoms with Gasteiger partial charge in [0.05, 0.1) is 37.8 Å². The van der Waals surface area contributed by atoms with Gasteiger partial charge in [-0.2, -0.15) is 23.8 Å². The number of rotatable bonds is 8. The molecule has 2 aliphatic heterocycles. The predicted molar refractivity (Wildman–Crippen MR) is 133 cm³/mol. The lowest BCUT2D eigenvalue weighted by Crippen LogP contribution is -2.41. The SMILES string of the molecule is C=CC(=O)N1C[C@H](NC(=O)CNc2nc(N3CCOCC3)nc3c2ncn3-c2cnn(C(F)F)c2)C[C@@H]1C. The summed E-state index contributed by atoms with van der Waals surface area (Å²) in [5.74, 6) is 0.290. The summed E-state index contributed by atoms with van der Waals surface area (Å²) in [5, 5.41) is 9.70. The summed E-state index contributed by atoms with van der Waals surface area (Å²) in [7, 11) is 0. The van der Waals surface area contributed by atoms with E-state index in [1.165, 1.54) is 24.8 Å². The molecule has 0 aromatic carbocycles. The van der Waals surface area contributed by atoms with Crippen molar-refractivity contribution in [3.05, 3.63) is 31.4 Å². The van der Waals surface area contributed by atoms with Crippen LogP contribution in [0.1, 0.15) is 19.9 Å². The van der Waals surface area contributed by atoms with Crippen molar-refractivity contribution in [1.29, 1.82) is 0 Å². The predicted octanol–water partition coefficient (Wildman–Crippen LogP) is 0.947. The van der Waals surface area contributed by atoms with Crippen LogP contribution in [0.4, 0.5) is 20.5 Å². The first kappa shape index (κ1) is 25.5. The van der Waals surface area contributed by atoms with Gasteiger partial charge in [-0.25, -0.2) is 9.67 Å². The van der Waals surface area contributed by atoms with E-state index in [1.54, 1.807) is 9.47 Å². The third-order valence-corrected chi connectivity index (χ3v) is 6.56. The number of imidazole rings is 1. The van der Waals surface area contributed by atoms with Crippen LogP contribution in [-0.4, -0.2) is 97.5 Å². The fraction of sp³-hybridized carbons (Fsp3) is 0.478. The number of amides is 2. The van der Waals surface area contributed by atoms with Gasteiger partial charge in [-0.3, -0.25) is 14.2 Å². The highest BCUT2D eigenvalue weighted by molar-refractivity contribution is 5.89. The van der Waals surface area contributed by atoms with E-state index < -0.39 is 6.55 Å². The molecule has 2 amide bonds. The summed E-state index contributed by atoms with van der Waals surface area (Å²) in [4.78, 5) is 42.0. The molecule has 0 radical (unpaired) electrons. The molecule has 15 heteroatoms. The van der Waals surface area contributed by atoms with Gasteiger partial charge in [0.15, 0.2) is 17.0 Å². The van der Waals surface area contributed by atoms with Crippen LogP contribution in [0.15, 0.2) is 31.4 Å². The van der Waals surface area contributed by atoms with Gasteiger partial charge in [0.2, 0.25) is 17.8 Å². The topological polar surface area (TPSA) is 135 Å². The average molecular weight is 531 g/mol. The number of nitrogens with zero attached hydrogens (tertiary/aromatic N) is 8. The van der Waals surface area contributed by atoms with Crippen molar-refractivity contribution in [3.8, 4) is 5.69 Å². The molecular formula is C23H28F2N10O3. The number of likely N-dealkylation sites (tertiary alicyclic amines) is 1. The number of ether oxygens (including phenoxy) is 1. The van der Waals surface area contributed by atoms with E-state index in [0.29, 0.717) is 72.6 Å². The lowest BCUT2D eigenvalue weighted by Gasteiger charge is -2.27. The fourth-order valence-corrected chi connectivity index (χ4v) is 4.67. The maximum Gasteiger partial charge on any atom is 0.333 e. The van der Waals surface area contributed by atoms with Crippen molar-refractivity contribution < 1.29 is 23.1 Å². The molecule has 0 spiro atoms. The van der Waals surface area contributed by atoms with Gasteiger partial charge in [0.1, 0.15) is 6.33 Å². The van der Waals surface area contributed by atoms with Crippen molar-refractivity contribution >= 4 is 34.7 Å². The van der Waals surface area contributed by atoms with Crippen molar-refractivity contribution in [2.45, 2.75) is 32.0 Å². The standard InChI is InChI=1S/C23H28F2N10O3/c1-3-18(37)33-11-15(8-14(33)2)29-17(36)10-26-20-19-21(31-23(30-20)32-4-6-38-7-5-32)34(13-27-19)16-9-28-35(12-16)22(24)25/h3,9,12-15,22H,1,4-8,10-11H2,2H3,(H,29,36)(H,26,30,31)/t14-,15+/m0/s1. The highest BCUT2D eigenvalue weighted by Gasteiger charge is 2.32. The van der Waals surface area contributed by atoms with Crippen molar-refractivity contribution in [1.82, 2.24) is 39.5 Å². The fourth-order valence-electron chi connectivity index (χ4n) is 4.67. The highest BCUT2D eigenvalue weighted by atomic mass is 19.3. The summed E-state index contributed by atoms with van der Waals surface area (Å²) < 4.78 is 33.7. The quantitative estimate of drug-likeness (QED) is 0.408. The number of carbonyl (C=O) groups is 2. The molecule has 2 N–H and O–H groups in total. The lowest BCUT2D eigenvalue weighted by atomic mass is 10.2. The molecule has 2 aliphatic rings. The van der Waals surface area contributed by atoms with Crippen LogP contribution in [0, 0.1) is 0 Å². The van der Waals surface area contributed by atoms with Crippen LogP contribution in [0.3, 0.4) is 0 Å². The minimum Gasteiger partial charge on any atom is -0.378 e. The van der Waals surface area contributed by atoms with Gasteiger partial charge in [0.25, 0.3) is 0 Å². The van der Waals surface area contributed by atoms with Crippen LogP contribution in [0.25, 0.3) is 16.9 Å². The zero-order valence-electron chi connectivity index (χ0n) is 20.8. The van der Waals surface area contributed by atoms with Crippen LogP contribution >= 0.6 is 0 Å². The Labute approximate surface area is 216 Å². The Balaban J connectivity index is 1.37. The van der Waals surface area contributed by atoms with E-state index in [9.17, 15) is 18.4 Å². The van der Waals surface area contributed by atoms with Gasteiger partial charge >= 0.3 is 6.55 Å². The van der Waals surface area contributed by atoms with Crippen LogP contribution in [0.5, 0.6) is 0 Å². The number of halogens is 2. The van der Waals surface area contributed by atoms with Crippen molar-refractivity contribution in [3.63, 3.8) is 0 Å². The number of morpholine rings is 1. The molecule has 13 nitrogen and oxygen atoms in total. The van der Waals surface area contributed by atoms with Gasteiger partial charge in [-0.05, 0) is 19.4 Å². The number of nitrogens with one attached hydrogen (secondary N) is 2. The number of anilines is 2. The summed E-state index contributed by atoms with van der Waals surface area (Å²) in [6.07, 6.45) is 5.86. The molecule has 0 aliphatic carbocycles. The molecule has 0 unspecified atom stereocenters. The third-order valence-electron chi connectivity index (χ3n) is 6.56. The molecule has 202 valence electrons. The second-order valence-corrected chi connectivity index (χ2v) is 9.11. The first-order valence-electron chi connectivity index (χ1n) is 12.2. The lowest BCUT2D eigenvalue weighted by molar-refractivity contribution is -0.127. The van der Waals surface area contributed by atoms with E-state index in [4.69, 9.17) is 4.74 Å². The van der Waals surface area contributed by atoms with Gasteiger partial charge in [0, 0.05) is 31.7 Å².